The van der Waals surface area contributed by atoms with E-state index in [4.69, 9.17) is 32.9 Å². The summed E-state index contributed by atoms with van der Waals surface area (Å²) in [5, 5.41) is 11.3. The van der Waals surface area contributed by atoms with E-state index in [1.54, 1.807) is 18.2 Å². The lowest BCUT2D eigenvalue weighted by molar-refractivity contribution is 0.318. The minimum absolute atomic E-state index is 0.0954. The number of ether oxygens (including phenoxy) is 1. The summed E-state index contributed by atoms with van der Waals surface area (Å²) in [4.78, 5) is 8.25. The highest BCUT2D eigenvalue weighted by atomic mass is 35.5. The molecule has 0 fully saturated rings. The molecule has 0 saturated carbocycles. The number of phenolic OH excluding ortho intramolecular Hbond substituents is 1. The zero-order valence-electron chi connectivity index (χ0n) is 15.6. The van der Waals surface area contributed by atoms with Crippen molar-refractivity contribution in [3.63, 3.8) is 0 Å². The topological polar surface area (TPSA) is 58.1 Å². The van der Waals surface area contributed by atoms with Gasteiger partial charge in [0.2, 0.25) is 0 Å². The summed E-state index contributed by atoms with van der Waals surface area (Å²) in [6.07, 6.45) is 0. The maximum Gasteiger partial charge on any atom is 0.161 e. The normalized spacial score (nSPS) is 10.9. The lowest BCUT2D eigenvalue weighted by Gasteiger charge is -2.07. The molecule has 6 heteroatoms. The molecule has 0 radical (unpaired) electrons. The predicted octanol–water partition coefficient (Wildman–Crippen LogP) is 6.82. The van der Waals surface area contributed by atoms with Gasteiger partial charge in [-0.1, -0.05) is 47.5 Å². The van der Waals surface area contributed by atoms with Gasteiger partial charge in [0.1, 0.15) is 5.82 Å². The van der Waals surface area contributed by atoms with E-state index in [-0.39, 0.29) is 5.75 Å². The summed E-state index contributed by atoms with van der Waals surface area (Å²) >= 11 is 12.1. The predicted molar refractivity (Wildman–Crippen MR) is 118 cm³/mol. The van der Waals surface area contributed by atoms with E-state index in [0.29, 0.717) is 28.2 Å². The third-order valence-corrected chi connectivity index (χ3v) is 4.99. The Balaban J connectivity index is 1.86. The van der Waals surface area contributed by atoms with Crippen LogP contribution in [0.3, 0.4) is 0 Å². The maximum atomic E-state index is 10.0. The molecule has 146 valence electrons. The SMILES string of the molecule is CCOc1cc(-c2nc(-c3ccc(Cl)cc3)c(-c3ccc(Cl)cc3)[nH]2)ccc1O. The van der Waals surface area contributed by atoms with Crippen LogP contribution in [0.4, 0.5) is 0 Å². The second kappa shape index (κ2) is 8.19. The fourth-order valence-corrected chi connectivity index (χ4v) is 3.34. The Morgan fingerprint density at radius 2 is 1.45 bits per heavy atom. The second-order valence-corrected chi connectivity index (χ2v) is 7.31. The van der Waals surface area contributed by atoms with Gasteiger partial charge >= 0.3 is 0 Å². The largest absolute Gasteiger partial charge is 0.504 e. The minimum Gasteiger partial charge on any atom is -0.504 e. The molecule has 0 atom stereocenters. The van der Waals surface area contributed by atoms with Crippen LogP contribution in [0.5, 0.6) is 11.5 Å². The Morgan fingerprint density at radius 3 is 2.07 bits per heavy atom. The van der Waals surface area contributed by atoms with E-state index >= 15 is 0 Å². The van der Waals surface area contributed by atoms with Crippen LogP contribution in [0.15, 0.2) is 66.7 Å². The number of hydrogen-bond acceptors (Lipinski definition) is 3. The van der Waals surface area contributed by atoms with Gasteiger partial charge in [0.05, 0.1) is 18.0 Å². The summed E-state index contributed by atoms with van der Waals surface area (Å²) < 4.78 is 5.51. The van der Waals surface area contributed by atoms with Gasteiger partial charge in [-0.05, 0) is 49.4 Å². The van der Waals surface area contributed by atoms with Crippen molar-refractivity contribution in [2.24, 2.45) is 0 Å². The Bertz CT molecular complexity index is 1070. The van der Waals surface area contributed by atoms with E-state index in [2.05, 4.69) is 4.98 Å². The van der Waals surface area contributed by atoms with Crippen molar-refractivity contribution in [2.75, 3.05) is 6.61 Å². The summed E-state index contributed by atoms with van der Waals surface area (Å²) in [5.41, 5.74) is 4.37. The van der Waals surface area contributed by atoms with Crippen molar-refractivity contribution in [1.82, 2.24) is 9.97 Å². The first-order chi connectivity index (χ1) is 14.0. The van der Waals surface area contributed by atoms with Gasteiger partial charge in [-0.3, -0.25) is 0 Å². The number of aromatic amines is 1. The molecule has 4 nitrogen and oxygen atoms in total. The minimum atomic E-state index is 0.0954. The third-order valence-electron chi connectivity index (χ3n) is 4.49. The smallest absolute Gasteiger partial charge is 0.161 e. The Morgan fingerprint density at radius 1 is 0.862 bits per heavy atom. The van der Waals surface area contributed by atoms with Crippen LogP contribution in [0.25, 0.3) is 33.9 Å². The van der Waals surface area contributed by atoms with Gasteiger partial charge < -0.3 is 14.8 Å². The average Bonchev–Trinajstić information content (AvgIpc) is 3.16. The molecular formula is C23H18Cl2N2O2. The maximum absolute atomic E-state index is 10.0. The molecule has 0 saturated heterocycles. The van der Waals surface area contributed by atoms with Gasteiger partial charge in [0.25, 0.3) is 0 Å². The molecule has 0 aliphatic carbocycles. The van der Waals surface area contributed by atoms with E-state index < -0.39 is 0 Å². The number of phenols is 1. The van der Waals surface area contributed by atoms with E-state index in [1.807, 2.05) is 55.5 Å². The number of nitrogens with one attached hydrogen (secondary N) is 1. The summed E-state index contributed by atoms with van der Waals surface area (Å²) in [5.74, 6) is 1.18. The van der Waals surface area contributed by atoms with Crippen LogP contribution in [0, 0.1) is 0 Å². The van der Waals surface area contributed by atoms with Crippen LogP contribution in [0.2, 0.25) is 10.0 Å². The van der Waals surface area contributed by atoms with Crippen LogP contribution in [-0.4, -0.2) is 21.7 Å². The van der Waals surface area contributed by atoms with Crippen molar-refractivity contribution in [3.8, 4) is 45.4 Å². The van der Waals surface area contributed by atoms with Crippen molar-refractivity contribution >= 4 is 23.2 Å². The fraction of sp³-hybridized carbons (Fsp3) is 0.0870. The number of rotatable bonds is 5. The molecule has 1 heterocycles. The molecule has 4 rings (SSSR count). The monoisotopic (exact) mass is 424 g/mol. The highest BCUT2D eigenvalue weighted by Crippen LogP contribution is 2.36. The first kappa shape index (κ1) is 19.4. The lowest BCUT2D eigenvalue weighted by Crippen LogP contribution is -1.92. The Kier molecular flexibility index (Phi) is 5.47. The molecule has 2 N–H and O–H groups in total. The summed E-state index contributed by atoms with van der Waals surface area (Å²) in [6, 6.07) is 20.3. The number of nitrogens with zero attached hydrogens (tertiary/aromatic N) is 1. The number of hydrogen-bond donors (Lipinski definition) is 2. The van der Waals surface area contributed by atoms with Crippen molar-refractivity contribution in [1.29, 1.82) is 0 Å². The summed E-state index contributed by atoms with van der Waals surface area (Å²) in [7, 11) is 0. The van der Waals surface area contributed by atoms with Crippen LogP contribution in [-0.2, 0) is 0 Å². The van der Waals surface area contributed by atoms with Crippen molar-refractivity contribution < 1.29 is 9.84 Å². The number of H-pyrrole nitrogens is 1. The summed E-state index contributed by atoms with van der Waals surface area (Å²) in [6.45, 7) is 2.33. The molecule has 0 bridgehead atoms. The average molecular weight is 425 g/mol. The van der Waals surface area contributed by atoms with Crippen LogP contribution >= 0.6 is 23.2 Å². The van der Waals surface area contributed by atoms with Crippen molar-refractivity contribution in [3.05, 3.63) is 76.8 Å². The number of aromatic nitrogens is 2. The van der Waals surface area contributed by atoms with Gasteiger partial charge in [0, 0.05) is 26.7 Å². The zero-order valence-corrected chi connectivity index (χ0v) is 17.1. The molecule has 0 aliphatic rings. The van der Waals surface area contributed by atoms with Gasteiger partial charge in [-0.15, -0.1) is 0 Å². The first-order valence-electron chi connectivity index (χ1n) is 9.13. The van der Waals surface area contributed by atoms with Crippen LogP contribution < -0.4 is 4.74 Å². The molecule has 0 unspecified atom stereocenters. The number of imidazole rings is 1. The highest BCUT2D eigenvalue weighted by molar-refractivity contribution is 6.31. The number of benzene rings is 3. The van der Waals surface area contributed by atoms with E-state index in [0.717, 1.165) is 28.1 Å². The van der Waals surface area contributed by atoms with Gasteiger partial charge in [-0.2, -0.15) is 0 Å². The van der Waals surface area contributed by atoms with Gasteiger partial charge in [-0.25, -0.2) is 4.98 Å². The third kappa shape index (κ3) is 4.09. The van der Waals surface area contributed by atoms with Crippen LogP contribution in [0.1, 0.15) is 6.92 Å². The molecule has 29 heavy (non-hydrogen) atoms. The fourth-order valence-electron chi connectivity index (χ4n) is 3.08. The second-order valence-electron chi connectivity index (χ2n) is 6.44. The number of aromatic hydroxyl groups is 1. The Labute approximate surface area is 178 Å². The molecule has 0 aliphatic heterocycles. The van der Waals surface area contributed by atoms with Crippen molar-refractivity contribution in [2.45, 2.75) is 6.92 Å². The zero-order chi connectivity index (χ0) is 20.4. The molecule has 4 aromatic rings. The molecule has 3 aromatic carbocycles. The first-order valence-corrected chi connectivity index (χ1v) is 9.89. The standard InChI is InChI=1S/C23H18Cl2N2O2/c1-2-29-20-13-16(7-12-19(20)28)23-26-21(14-3-8-17(24)9-4-14)22(27-23)15-5-10-18(25)11-6-15/h3-13,28H,2H2,1H3,(H,26,27). The quantitative estimate of drug-likeness (QED) is 0.369. The molecule has 1 aromatic heterocycles. The van der Waals surface area contributed by atoms with Gasteiger partial charge in [0.15, 0.2) is 11.5 Å². The molecular weight excluding hydrogens is 407 g/mol. The Hall–Kier alpha value is -2.95. The van der Waals surface area contributed by atoms with E-state index in [1.165, 1.54) is 0 Å². The molecule has 0 amide bonds. The lowest BCUT2D eigenvalue weighted by atomic mass is 10.1. The molecule has 0 spiro atoms. The van der Waals surface area contributed by atoms with E-state index in [9.17, 15) is 5.11 Å². The highest BCUT2D eigenvalue weighted by Gasteiger charge is 2.16. The number of halogens is 2.